The number of halogens is 2. The summed E-state index contributed by atoms with van der Waals surface area (Å²) in [5, 5.41) is 2.59. The van der Waals surface area contributed by atoms with Gasteiger partial charge in [0, 0.05) is 9.26 Å². The molecule has 3 aromatic rings. The van der Waals surface area contributed by atoms with E-state index in [-0.39, 0.29) is 4.90 Å². The molecule has 0 atom stereocenters. The minimum Gasteiger partial charge on any atom is -0.325 e. The van der Waals surface area contributed by atoms with Crippen LogP contribution in [0.2, 0.25) is 0 Å². The van der Waals surface area contributed by atoms with Gasteiger partial charge in [0.25, 0.3) is 10.0 Å². The summed E-state index contributed by atoms with van der Waals surface area (Å²) < 4.78 is 41.3. The summed E-state index contributed by atoms with van der Waals surface area (Å²) in [4.78, 5) is 12.6. The summed E-state index contributed by atoms with van der Waals surface area (Å²) in [5.41, 5.74) is 0.754. The van der Waals surface area contributed by atoms with Crippen molar-refractivity contribution in [1.29, 1.82) is 0 Å². The smallest absolute Gasteiger partial charge is 0.264 e. The molecule has 3 rings (SSSR count). The van der Waals surface area contributed by atoms with Crippen LogP contribution in [0.15, 0.2) is 83.8 Å². The quantitative estimate of drug-likeness (QED) is 0.504. The van der Waals surface area contributed by atoms with Gasteiger partial charge in [-0.1, -0.05) is 18.2 Å². The Morgan fingerprint density at radius 2 is 1.54 bits per heavy atom. The molecule has 5 nitrogen and oxygen atoms in total. The summed E-state index contributed by atoms with van der Waals surface area (Å²) in [6.45, 7) is -0.421. The van der Waals surface area contributed by atoms with Crippen molar-refractivity contribution >= 4 is 49.9 Å². The molecule has 0 spiro atoms. The minimum atomic E-state index is -3.95. The van der Waals surface area contributed by atoms with E-state index in [1.165, 1.54) is 36.4 Å². The molecule has 0 aliphatic heterocycles. The number of hydrogen-bond donors (Lipinski definition) is 1. The first-order valence-corrected chi connectivity index (χ1v) is 10.8. The Bertz CT molecular complexity index is 1060. The van der Waals surface area contributed by atoms with E-state index in [0.717, 1.165) is 7.88 Å². The monoisotopic (exact) mass is 510 g/mol. The van der Waals surface area contributed by atoms with E-state index in [4.69, 9.17) is 0 Å². The van der Waals surface area contributed by atoms with Crippen molar-refractivity contribution in [2.45, 2.75) is 4.90 Å². The first-order chi connectivity index (χ1) is 13.4. The molecule has 0 heterocycles. The lowest BCUT2D eigenvalue weighted by atomic mass is 10.3. The molecule has 0 aliphatic carbocycles. The van der Waals surface area contributed by atoms with E-state index in [2.05, 4.69) is 27.9 Å². The van der Waals surface area contributed by atoms with E-state index >= 15 is 0 Å². The average molecular weight is 510 g/mol. The summed E-state index contributed by atoms with van der Waals surface area (Å²) in [6, 6.07) is 20.0. The van der Waals surface area contributed by atoms with Crippen LogP contribution in [-0.4, -0.2) is 20.9 Å². The van der Waals surface area contributed by atoms with Crippen LogP contribution < -0.4 is 9.62 Å². The zero-order chi connectivity index (χ0) is 20.1. The predicted octanol–water partition coefficient (Wildman–Crippen LogP) is 4.26. The molecule has 3 aromatic carbocycles. The van der Waals surface area contributed by atoms with Crippen LogP contribution >= 0.6 is 22.6 Å². The lowest BCUT2D eigenvalue weighted by Crippen LogP contribution is -2.38. The van der Waals surface area contributed by atoms with Crippen LogP contribution in [0, 0.1) is 9.39 Å². The SMILES string of the molecule is O=C(CN(c1ccc(I)cc1)S(=O)(=O)c1ccccc1)Nc1ccc(F)cc1. The molecule has 0 aliphatic rings. The fraction of sp³-hybridized carbons (Fsp3) is 0.0500. The van der Waals surface area contributed by atoms with Gasteiger partial charge in [-0.25, -0.2) is 12.8 Å². The van der Waals surface area contributed by atoms with E-state index in [0.29, 0.717) is 11.4 Å². The number of anilines is 2. The molecular formula is C20H16FIN2O3S. The van der Waals surface area contributed by atoms with Gasteiger partial charge in [-0.15, -0.1) is 0 Å². The van der Waals surface area contributed by atoms with Gasteiger partial charge in [-0.3, -0.25) is 9.10 Å². The van der Waals surface area contributed by atoms with Crippen LogP contribution in [0.4, 0.5) is 15.8 Å². The number of carbonyl (C=O) groups is 1. The molecule has 0 fully saturated rings. The maximum Gasteiger partial charge on any atom is 0.264 e. The maximum atomic E-state index is 13.1. The summed E-state index contributed by atoms with van der Waals surface area (Å²) in [5.74, 6) is -0.963. The van der Waals surface area contributed by atoms with Crippen molar-refractivity contribution in [1.82, 2.24) is 0 Å². The maximum absolute atomic E-state index is 13.1. The van der Waals surface area contributed by atoms with Gasteiger partial charge in [0.2, 0.25) is 5.91 Å². The Kier molecular flexibility index (Phi) is 6.30. The highest BCUT2D eigenvalue weighted by molar-refractivity contribution is 14.1. The van der Waals surface area contributed by atoms with Crippen LogP contribution in [0.25, 0.3) is 0 Å². The molecule has 28 heavy (non-hydrogen) atoms. The van der Waals surface area contributed by atoms with Gasteiger partial charge >= 0.3 is 0 Å². The third-order valence-electron chi connectivity index (χ3n) is 3.86. The number of benzene rings is 3. The number of sulfonamides is 1. The Morgan fingerprint density at radius 1 is 0.929 bits per heavy atom. The summed E-state index contributed by atoms with van der Waals surface area (Å²) in [6.07, 6.45) is 0. The zero-order valence-corrected chi connectivity index (χ0v) is 17.5. The molecule has 8 heteroatoms. The molecule has 144 valence electrons. The topological polar surface area (TPSA) is 66.5 Å². The van der Waals surface area contributed by atoms with Gasteiger partial charge < -0.3 is 5.32 Å². The molecule has 0 radical (unpaired) electrons. The Hall–Kier alpha value is -2.46. The highest BCUT2D eigenvalue weighted by Gasteiger charge is 2.27. The van der Waals surface area contributed by atoms with Crippen molar-refractivity contribution < 1.29 is 17.6 Å². The molecule has 0 saturated carbocycles. The van der Waals surface area contributed by atoms with Crippen LogP contribution in [0.1, 0.15) is 0 Å². The number of nitrogens with zero attached hydrogens (tertiary/aromatic N) is 1. The second-order valence-electron chi connectivity index (χ2n) is 5.86. The van der Waals surface area contributed by atoms with Gasteiger partial charge in [-0.2, -0.15) is 0 Å². The average Bonchev–Trinajstić information content (AvgIpc) is 2.69. The third kappa shape index (κ3) is 4.87. The van der Waals surface area contributed by atoms with Crippen molar-refractivity contribution in [3.05, 3.63) is 88.3 Å². The lowest BCUT2D eigenvalue weighted by Gasteiger charge is -2.24. The van der Waals surface area contributed by atoms with Gasteiger partial charge in [0.15, 0.2) is 0 Å². The fourth-order valence-corrected chi connectivity index (χ4v) is 4.31. The number of rotatable bonds is 6. The number of amides is 1. The number of nitrogens with one attached hydrogen (secondary N) is 1. The Labute approximate surface area is 176 Å². The van der Waals surface area contributed by atoms with E-state index in [9.17, 15) is 17.6 Å². The molecule has 0 bridgehead atoms. The van der Waals surface area contributed by atoms with Crippen molar-refractivity contribution in [2.75, 3.05) is 16.2 Å². The fourth-order valence-electron chi connectivity index (χ4n) is 2.51. The van der Waals surface area contributed by atoms with Crippen molar-refractivity contribution in [2.24, 2.45) is 0 Å². The summed E-state index contributed by atoms with van der Waals surface area (Å²) in [7, 11) is -3.95. The summed E-state index contributed by atoms with van der Waals surface area (Å²) >= 11 is 2.12. The van der Waals surface area contributed by atoms with E-state index in [1.54, 1.807) is 42.5 Å². The highest BCUT2D eigenvalue weighted by Crippen LogP contribution is 2.24. The molecule has 1 amide bonds. The molecule has 0 unspecified atom stereocenters. The van der Waals surface area contributed by atoms with Crippen LogP contribution in [-0.2, 0) is 14.8 Å². The molecule has 0 saturated heterocycles. The lowest BCUT2D eigenvalue weighted by molar-refractivity contribution is -0.114. The number of carbonyl (C=O) groups excluding carboxylic acids is 1. The van der Waals surface area contributed by atoms with Crippen molar-refractivity contribution in [3.63, 3.8) is 0 Å². The van der Waals surface area contributed by atoms with Crippen LogP contribution in [0.3, 0.4) is 0 Å². The zero-order valence-electron chi connectivity index (χ0n) is 14.5. The second-order valence-corrected chi connectivity index (χ2v) is 8.96. The first kappa shape index (κ1) is 20.3. The highest BCUT2D eigenvalue weighted by atomic mass is 127. The predicted molar refractivity (Wildman–Crippen MR) is 115 cm³/mol. The standard InChI is InChI=1S/C20H16FIN2O3S/c21-15-6-10-17(11-7-15)23-20(25)14-24(18-12-8-16(22)9-13-18)28(26,27)19-4-2-1-3-5-19/h1-13H,14H2,(H,23,25). The number of hydrogen-bond acceptors (Lipinski definition) is 3. The first-order valence-electron chi connectivity index (χ1n) is 8.25. The second kappa shape index (κ2) is 8.70. The molecular weight excluding hydrogens is 494 g/mol. The normalized spacial score (nSPS) is 11.1. The Balaban J connectivity index is 1.91. The Morgan fingerprint density at radius 3 is 2.14 bits per heavy atom. The van der Waals surface area contributed by atoms with Gasteiger partial charge in [0.1, 0.15) is 12.4 Å². The van der Waals surface area contributed by atoms with Gasteiger partial charge in [-0.05, 0) is 83.3 Å². The molecule has 1 N–H and O–H groups in total. The largest absolute Gasteiger partial charge is 0.325 e. The molecule has 0 aromatic heterocycles. The van der Waals surface area contributed by atoms with E-state index < -0.39 is 28.3 Å². The minimum absolute atomic E-state index is 0.0862. The van der Waals surface area contributed by atoms with E-state index in [1.807, 2.05) is 0 Å². The van der Waals surface area contributed by atoms with Crippen LogP contribution in [0.5, 0.6) is 0 Å². The third-order valence-corrected chi connectivity index (χ3v) is 6.37. The van der Waals surface area contributed by atoms with Crippen molar-refractivity contribution in [3.8, 4) is 0 Å². The van der Waals surface area contributed by atoms with Gasteiger partial charge in [0.05, 0.1) is 10.6 Å².